The Labute approximate surface area is 32.8 Å². The standard InChI is InChI=1S/3HNO/c3*1-2/h3*1H. The van der Waals surface area contributed by atoms with Crippen LogP contribution in [-0.4, -0.2) is 0 Å². The number of nitroso groups, excluding NO2 is 3. The van der Waals surface area contributed by atoms with Gasteiger partial charge in [0.1, 0.15) is 0 Å². The lowest BCUT2D eigenvalue weighted by molar-refractivity contribution is 1.49. The molecule has 0 radical (unpaired) electrons. The molecule has 6 nitrogen and oxygen atoms in total. The predicted octanol–water partition coefficient (Wildman–Crippen LogP) is 0.995. The van der Waals surface area contributed by atoms with E-state index in [9.17, 15) is 0 Å². The van der Waals surface area contributed by atoms with Crippen molar-refractivity contribution in [2.24, 2.45) is 0 Å². The van der Waals surface area contributed by atoms with Crippen LogP contribution in [0.1, 0.15) is 0 Å². The summed E-state index contributed by atoms with van der Waals surface area (Å²) in [5.41, 5.74) is 13.5. The van der Waals surface area contributed by atoms with Crippen LogP contribution in [0.25, 0.3) is 0 Å². The Kier molecular flexibility index (Phi) is 73.8. The molecule has 0 aromatic carbocycles. The fourth-order valence-corrected chi connectivity index (χ4v) is 0. The summed E-state index contributed by atoms with van der Waals surface area (Å²) in [6, 6.07) is 0. The van der Waals surface area contributed by atoms with E-state index in [-0.39, 0.29) is 0 Å². The van der Waals surface area contributed by atoms with Crippen LogP contribution < -0.4 is 0 Å². The second kappa shape index (κ2) is 20.7. The van der Waals surface area contributed by atoms with Crippen LogP contribution in [0.15, 0.2) is 0 Å². The first kappa shape index (κ1) is 21.4. The normalized spacial score (nSPS) is 2.00. The summed E-state index contributed by atoms with van der Waals surface area (Å²) in [5, 5.41) is 0. The van der Waals surface area contributed by atoms with Gasteiger partial charge in [0.2, 0.25) is 0 Å². The molecule has 0 atom stereocenters. The van der Waals surface area contributed by atoms with E-state index < -0.39 is 0 Å². The largest absolute Gasteiger partial charge is 0.154 e. The fourth-order valence-electron chi connectivity index (χ4n) is 0. The molecule has 0 aliphatic carbocycles. The first-order chi connectivity index (χ1) is 3.00. The third-order valence-corrected chi connectivity index (χ3v) is 0. The van der Waals surface area contributed by atoms with Crippen LogP contribution in [0.3, 0.4) is 0 Å². The highest BCUT2D eigenvalue weighted by Gasteiger charge is 0.592. The molecule has 0 aliphatic rings. The fraction of sp³-hybridized carbons (Fsp3) is 0. The van der Waals surface area contributed by atoms with Crippen LogP contribution in [-0.2, 0) is 0 Å². The monoisotopic (exact) mass is 93.0 g/mol. The predicted molar refractivity (Wildman–Crippen MR) is 18.3 cm³/mol. The van der Waals surface area contributed by atoms with Gasteiger partial charge in [-0.05, 0) is 0 Å². The summed E-state index contributed by atoms with van der Waals surface area (Å²) in [5.74, 6) is 0. The van der Waals surface area contributed by atoms with Crippen LogP contribution in [0, 0.1) is 31.5 Å². The van der Waals surface area contributed by atoms with Crippen LogP contribution in [0.2, 0.25) is 0 Å². The summed E-state index contributed by atoms with van der Waals surface area (Å²) in [7, 11) is 0. The van der Waals surface area contributed by atoms with Gasteiger partial charge >= 0.3 is 0 Å². The van der Waals surface area contributed by atoms with Gasteiger partial charge in [-0.25, -0.2) is 0 Å². The molecule has 0 saturated carbocycles. The van der Waals surface area contributed by atoms with Gasteiger partial charge in [-0.2, -0.15) is 14.7 Å². The Hall–Kier alpha value is -1.20. The first-order valence-electron chi connectivity index (χ1n) is 0.612. The maximum atomic E-state index is 7.50. The zero-order valence-corrected chi connectivity index (χ0v) is 2.72. The van der Waals surface area contributed by atoms with E-state index in [1.165, 1.54) is 0 Å². The van der Waals surface area contributed by atoms with Gasteiger partial charge in [0.25, 0.3) is 0 Å². The molecule has 0 aliphatic heterocycles. The molecule has 0 aromatic rings. The maximum Gasteiger partial charge on any atom is -0.0850 e. The van der Waals surface area contributed by atoms with E-state index >= 15 is 0 Å². The van der Waals surface area contributed by atoms with Gasteiger partial charge in [-0.15, -0.1) is 0 Å². The lowest BCUT2D eigenvalue weighted by Crippen LogP contribution is -0.649. The molecule has 3 N–H and O–H groups in total. The zero-order valence-electron chi connectivity index (χ0n) is 2.72. The van der Waals surface area contributed by atoms with Crippen molar-refractivity contribution in [3.63, 3.8) is 0 Å². The molecule has 0 bridgehead atoms. The van der Waals surface area contributed by atoms with E-state index in [0.29, 0.717) is 0 Å². The third kappa shape index (κ3) is 6.30. The second-order valence-corrected chi connectivity index (χ2v) is 0. The summed E-state index contributed by atoms with van der Waals surface area (Å²) in [6.07, 6.45) is 0. The van der Waals surface area contributed by atoms with Crippen LogP contribution in [0.5, 0.6) is 0 Å². The lowest BCUT2D eigenvalue weighted by Gasteiger charge is -0.827. The van der Waals surface area contributed by atoms with E-state index in [4.69, 9.17) is 14.7 Å². The molecule has 0 fully saturated rings. The zero-order chi connectivity index (χ0) is 6.00. The molecule has 0 saturated heterocycles. The Morgan fingerprint density at radius 2 is 0.500 bits per heavy atom. The van der Waals surface area contributed by atoms with Gasteiger partial charge in [0.15, 0.2) is 0 Å². The molecule has 0 spiro atoms. The Morgan fingerprint density at radius 3 is 0.500 bits per heavy atom. The van der Waals surface area contributed by atoms with Gasteiger partial charge in [0, 0.05) is 0 Å². The molecule has 0 aromatic heterocycles. The molecule has 36 valence electrons. The summed E-state index contributed by atoms with van der Waals surface area (Å²) in [4.78, 5) is 22.5. The van der Waals surface area contributed by atoms with Crippen molar-refractivity contribution < 1.29 is 0 Å². The Balaban J connectivity index is -0.0000000225. The van der Waals surface area contributed by atoms with Crippen molar-refractivity contribution in [3.8, 4) is 0 Å². The van der Waals surface area contributed by atoms with Gasteiger partial charge < -0.3 is 0 Å². The van der Waals surface area contributed by atoms with Crippen molar-refractivity contribution in [1.29, 1.82) is 16.8 Å². The van der Waals surface area contributed by atoms with E-state index in [1.807, 2.05) is 0 Å². The molecule has 6 heavy (non-hydrogen) atoms. The van der Waals surface area contributed by atoms with E-state index in [1.54, 1.807) is 0 Å². The molecule has 0 unspecified atom stereocenters. The molecular weight excluding hydrogens is 90.0 g/mol. The second-order valence-electron chi connectivity index (χ2n) is 0. The molecule has 0 rings (SSSR count). The third-order valence-electron chi connectivity index (χ3n) is 0. The maximum absolute atomic E-state index is 7.50. The summed E-state index contributed by atoms with van der Waals surface area (Å²) in [6.45, 7) is 0. The van der Waals surface area contributed by atoms with Gasteiger partial charge in [-0.3, -0.25) is 0 Å². The summed E-state index contributed by atoms with van der Waals surface area (Å²) >= 11 is 0. The van der Waals surface area contributed by atoms with Crippen molar-refractivity contribution in [2.45, 2.75) is 0 Å². The summed E-state index contributed by atoms with van der Waals surface area (Å²) < 4.78 is 0. The number of nitrogens with one attached hydrogen (secondary N) is 3. The lowest BCUT2D eigenvalue weighted by atomic mass is 13.8. The number of hydrogen-bond donors (Lipinski definition) is 3. The van der Waals surface area contributed by atoms with Crippen molar-refractivity contribution in [1.82, 2.24) is 0 Å². The Bertz CT molecular complexity index is 10.8. The minimum atomic E-state index is 4.50. The SMILES string of the molecule is N=O.N=O.N=O. The van der Waals surface area contributed by atoms with E-state index in [2.05, 4.69) is 16.8 Å². The highest BCUT2D eigenvalue weighted by Crippen LogP contribution is 0.770. The van der Waals surface area contributed by atoms with Gasteiger partial charge in [0.05, 0.1) is 0 Å². The molecule has 6 heteroatoms. The highest BCUT2D eigenvalue weighted by atomic mass is 16.2. The van der Waals surface area contributed by atoms with Crippen molar-refractivity contribution in [3.05, 3.63) is 14.7 Å². The quantitative estimate of drug-likeness (QED) is 0.387. The van der Waals surface area contributed by atoms with Crippen LogP contribution in [0.4, 0.5) is 0 Å². The molecular formula is H3N3O3. The Morgan fingerprint density at radius 1 is 0.500 bits per heavy atom. The van der Waals surface area contributed by atoms with E-state index in [0.717, 1.165) is 0 Å². The minimum absolute atomic E-state index is 4.50. The topological polar surface area (TPSA) is 123 Å². The van der Waals surface area contributed by atoms with Crippen molar-refractivity contribution in [2.75, 3.05) is 0 Å². The van der Waals surface area contributed by atoms with Crippen LogP contribution >= 0.6 is 0 Å². The number of hydrogen-bond acceptors (Lipinski definition) is 6. The average molecular weight is 93.0 g/mol. The molecule has 0 amide bonds. The highest BCUT2D eigenvalue weighted by molar-refractivity contribution is 3.64. The average Bonchev–Trinajstić information content (AvgIpc) is 1.81. The van der Waals surface area contributed by atoms with Crippen molar-refractivity contribution >= 4 is 0 Å². The smallest absolute Gasteiger partial charge is 0.0850 e. The first-order valence-corrected chi connectivity index (χ1v) is 0.612. The van der Waals surface area contributed by atoms with Gasteiger partial charge in [-0.1, -0.05) is 16.8 Å². The molecule has 0 heterocycles. The number of rotatable bonds is 0. The minimum Gasteiger partial charge on any atom is -0.154 e.